The second-order valence-corrected chi connectivity index (χ2v) is 2.69. The van der Waals surface area contributed by atoms with E-state index in [-0.39, 0.29) is 6.61 Å². The standard InChI is InChI=1S/C7H7OSe/c8-5-6-3-1-2-4-7(6)9/h1-4,8H,5H2. The average molecular weight is 186 g/mol. The van der Waals surface area contributed by atoms with Crippen LogP contribution in [-0.2, 0) is 6.61 Å². The van der Waals surface area contributed by atoms with E-state index in [4.69, 9.17) is 5.11 Å². The van der Waals surface area contributed by atoms with E-state index < -0.39 is 0 Å². The van der Waals surface area contributed by atoms with E-state index in [0.717, 1.165) is 10.0 Å². The molecule has 0 aliphatic heterocycles. The Balaban J connectivity index is 3.01. The van der Waals surface area contributed by atoms with Crippen molar-refractivity contribution in [2.75, 3.05) is 0 Å². The van der Waals surface area contributed by atoms with Crippen molar-refractivity contribution in [3.63, 3.8) is 0 Å². The van der Waals surface area contributed by atoms with Crippen LogP contribution in [0.3, 0.4) is 0 Å². The molecule has 2 heteroatoms. The summed E-state index contributed by atoms with van der Waals surface area (Å²) < 4.78 is 1.03. The molecule has 9 heavy (non-hydrogen) atoms. The van der Waals surface area contributed by atoms with Crippen LogP contribution < -0.4 is 4.46 Å². The molecule has 0 fully saturated rings. The zero-order valence-corrected chi connectivity index (χ0v) is 6.59. The molecule has 0 amide bonds. The summed E-state index contributed by atoms with van der Waals surface area (Å²) in [6, 6.07) is 7.68. The van der Waals surface area contributed by atoms with Crippen molar-refractivity contribution in [2.45, 2.75) is 6.61 Å². The fourth-order valence-corrected chi connectivity index (χ4v) is 1.08. The van der Waals surface area contributed by atoms with Crippen LogP contribution in [0.5, 0.6) is 0 Å². The van der Waals surface area contributed by atoms with Gasteiger partial charge in [0.05, 0.1) is 0 Å². The van der Waals surface area contributed by atoms with E-state index in [0.29, 0.717) is 0 Å². The first-order chi connectivity index (χ1) is 4.34. The van der Waals surface area contributed by atoms with Gasteiger partial charge in [-0.15, -0.1) is 0 Å². The minimum atomic E-state index is 0.114. The van der Waals surface area contributed by atoms with E-state index in [9.17, 15) is 0 Å². The van der Waals surface area contributed by atoms with E-state index >= 15 is 0 Å². The Labute approximate surface area is 62.5 Å². The number of aliphatic hydroxyl groups excluding tert-OH is 1. The number of hydrogen-bond donors (Lipinski definition) is 1. The maximum atomic E-state index is 8.70. The molecule has 0 aromatic heterocycles. The number of rotatable bonds is 1. The van der Waals surface area contributed by atoms with Gasteiger partial charge in [0.1, 0.15) is 0 Å². The topological polar surface area (TPSA) is 20.2 Å². The molecule has 1 radical (unpaired) electrons. The molecule has 0 unspecified atom stereocenters. The average Bonchev–Trinajstić information content (AvgIpc) is 1.89. The van der Waals surface area contributed by atoms with Gasteiger partial charge in [0, 0.05) is 0 Å². The fourth-order valence-electron chi connectivity index (χ4n) is 0.634. The van der Waals surface area contributed by atoms with Gasteiger partial charge >= 0.3 is 62.0 Å². The predicted molar refractivity (Wildman–Crippen MR) is 37.8 cm³/mol. The quantitative estimate of drug-likeness (QED) is 0.611. The summed E-state index contributed by atoms with van der Waals surface area (Å²) in [7, 11) is 0. The van der Waals surface area contributed by atoms with E-state index in [2.05, 4.69) is 16.0 Å². The third-order valence-corrected chi connectivity index (χ3v) is 1.98. The van der Waals surface area contributed by atoms with E-state index in [1.54, 1.807) is 0 Å². The summed E-state index contributed by atoms with van der Waals surface area (Å²) in [5.41, 5.74) is 0.956. The molecule has 0 saturated heterocycles. The Hall–Kier alpha value is -0.301. The Bertz CT molecular complexity index is 198. The normalized spacial score (nSPS) is 9.44. The van der Waals surface area contributed by atoms with Crippen molar-refractivity contribution < 1.29 is 5.11 Å². The summed E-state index contributed by atoms with van der Waals surface area (Å²) in [6.45, 7) is 0.114. The van der Waals surface area contributed by atoms with E-state index in [1.807, 2.05) is 24.3 Å². The number of benzene rings is 1. The SMILES string of the molecule is OCc1ccccc1[Se]. The van der Waals surface area contributed by atoms with Gasteiger partial charge in [0.25, 0.3) is 0 Å². The molecule has 1 rings (SSSR count). The summed E-state index contributed by atoms with van der Waals surface area (Å²) >= 11 is 2.86. The van der Waals surface area contributed by atoms with Crippen LogP contribution in [0.2, 0.25) is 0 Å². The number of hydrogen-bond acceptors (Lipinski definition) is 1. The summed E-state index contributed by atoms with van der Waals surface area (Å²) in [5.74, 6) is 0. The maximum absolute atomic E-state index is 8.70. The van der Waals surface area contributed by atoms with E-state index in [1.165, 1.54) is 0 Å². The molecule has 0 atom stereocenters. The second-order valence-electron chi connectivity index (χ2n) is 1.77. The van der Waals surface area contributed by atoms with Crippen molar-refractivity contribution in [3.05, 3.63) is 29.8 Å². The van der Waals surface area contributed by atoms with Crippen LogP contribution in [0.1, 0.15) is 5.56 Å². The van der Waals surface area contributed by atoms with Crippen LogP contribution in [0.25, 0.3) is 0 Å². The second kappa shape index (κ2) is 3.02. The number of aliphatic hydroxyl groups is 1. The van der Waals surface area contributed by atoms with Gasteiger partial charge < -0.3 is 0 Å². The molecule has 0 spiro atoms. The van der Waals surface area contributed by atoms with Gasteiger partial charge in [-0.3, -0.25) is 0 Å². The van der Waals surface area contributed by atoms with Crippen LogP contribution >= 0.6 is 0 Å². The molecule has 47 valence electrons. The fraction of sp³-hybridized carbons (Fsp3) is 0.143. The van der Waals surface area contributed by atoms with Crippen LogP contribution in [-0.4, -0.2) is 21.1 Å². The molecule has 0 bridgehead atoms. The Morgan fingerprint density at radius 2 is 2.00 bits per heavy atom. The predicted octanol–water partition coefficient (Wildman–Crippen LogP) is -0.0273. The Kier molecular flexibility index (Phi) is 2.29. The van der Waals surface area contributed by atoms with Gasteiger partial charge in [-0.25, -0.2) is 0 Å². The summed E-state index contributed by atoms with van der Waals surface area (Å²) in [6.07, 6.45) is 0. The first-order valence-corrected chi connectivity index (χ1v) is 3.56. The molecule has 1 aromatic carbocycles. The zero-order chi connectivity index (χ0) is 6.69. The monoisotopic (exact) mass is 187 g/mol. The van der Waals surface area contributed by atoms with Crippen LogP contribution in [0.15, 0.2) is 24.3 Å². The molecular formula is C7H7OSe. The molecule has 0 aliphatic carbocycles. The summed E-state index contributed by atoms with van der Waals surface area (Å²) in [5, 5.41) is 8.70. The molecule has 1 nitrogen and oxygen atoms in total. The molecular weight excluding hydrogens is 179 g/mol. The van der Waals surface area contributed by atoms with Gasteiger partial charge in [0.15, 0.2) is 0 Å². The van der Waals surface area contributed by atoms with Crippen molar-refractivity contribution in [1.82, 2.24) is 0 Å². The summed E-state index contributed by atoms with van der Waals surface area (Å²) in [4.78, 5) is 0. The van der Waals surface area contributed by atoms with Gasteiger partial charge in [-0.05, 0) is 0 Å². The molecule has 0 aliphatic rings. The zero-order valence-electron chi connectivity index (χ0n) is 4.87. The third-order valence-electron chi connectivity index (χ3n) is 1.14. The first-order valence-electron chi connectivity index (χ1n) is 2.70. The van der Waals surface area contributed by atoms with Gasteiger partial charge in [-0.1, -0.05) is 0 Å². The van der Waals surface area contributed by atoms with Crippen LogP contribution in [0.4, 0.5) is 0 Å². The first kappa shape index (κ1) is 6.81. The van der Waals surface area contributed by atoms with Crippen molar-refractivity contribution in [3.8, 4) is 0 Å². The molecule has 1 N–H and O–H groups in total. The Morgan fingerprint density at radius 1 is 1.33 bits per heavy atom. The molecule has 1 aromatic rings. The van der Waals surface area contributed by atoms with Crippen molar-refractivity contribution in [1.29, 1.82) is 0 Å². The van der Waals surface area contributed by atoms with Crippen molar-refractivity contribution in [2.24, 2.45) is 0 Å². The van der Waals surface area contributed by atoms with Gasteiger partial charge in [0.2, 0.25) is 0 Å². The Morgan fingerprint density at radius 3 is 2.44 bits per heavy atom. The molecule has 0 heterocycles. The van der Waals surface area contributed by atoms with Crippen molar-refractivity contribution >= 4 is 20.5 Å². The van der Waals surface area contributed by atoms with Gasteiger partial charge in [-0.2, -0.15) is 0 Å². The minimum absolute atomic E-state index is 0.114. The third kappa shape index (κ3) is 1.55. The molecule has 0 saturated carbocycles. The van der Waals surface area contributed by atoms with Crippen LogP contribution in [0, 0.1) is 0 Å².